The van der Waals surface area contributed by atoms with E-state index < -0.39 is 0 Å². The average Bonchev–Trinajstić information content (AvgIpc) is 2.27. The fourth-order valence-electron chi connectivity index (χ4n) is 1.68. The van der Waals surface area contributed by atoms with Gasteiger partial charge in [0.1, 0.15) is 0 Å². The van der Waals surface area contributed by atoms with Crippen LogP contribution in [-0.2, 0) is 6.42 Å². The van der Waals surface area contributed by atoms with Crippen LogP contribution in [0.2, 0.25) is 10.0 Å². The Morgan fingerprint density at radius 1 is 0.938 bits per heavy atom. The zero-order valence-corrected chi connectivity index (χ0v) is 10.5. The third-order valence-electron chi connectivity index (χ3n) is 2.65. The maximum atomic E-state index is 6.13. The van der Waals surface area contributed by atoms with Gasteiger partial charge in [0.2, 0.25) is 0 Å². The van der Waals surface area contributed by atoms with Crippen molar-refractivity contribution in [1.29, 1.82) is 0 Å². The van der Waals surface area contributed by atoms with Gasteiger partial charge in [0, 0.05) is 10.0 Å². The SMILES string of the molecule is Cc1ccc(Cl)cc1Cc1ccccc1Cl. The molecule has 0 saturated carbocycles. The molecule has 0 atom stereocenters. The lowest BCUT2D eigenvalue weighted by Crippen LogP contribution is -1.92. The van der Waals surface area contributed by atoms with Crippen LogP contribution in [0, 0.1) is 6.92 Å². The molecule has 0 aliphatic heterocycles. The quantitative estimate of drug-likeness (QED) is 0.712. The summed E-state index contributed by atoms with van der Waals surface area (Å²) in [6, 6.07) is 13.8. The molecule has 0 aliphatic rings. The van der Waals surface area contributed by atoms with Gasteiger partial charge in [-0.1, -0.05) is 47.5 Å². The van der Waals surface area contributed by atoms with Crippen LogP contribution in [0.1, 0.15) is 16.7 Å². The van der Waals surface area contributed by atoms with Gasteiger partial charge in [0.25, 0.3) is 0 Å². The van der Waals surface area contributed by atoms with Crippen LogP contribution < -0.4 is 0 Å². The Balaban J connectivity index is 2.34. The number of hydrogen-bond donors (Lipinski definition) is 0. The van der Waals surface area contributed by atoms with Gasteiger partial charge in [0.05, 0.1) is 0 Å². The lowest BCUT2D eigenvalue weighted by atomic mass is 10.0. The fourth-order valence-corrected chi connectivity index (χ4v) is 2.07. The molecule has 0 N–H and O–H groups in total. The van der Waals surface area contributed by atoms with Crippen LogP contribution in [-0.4, -0.2) is 0 Å². The van der Waals surface area contributed by atoms with Crippen LogP contribution >= 0.6 is 23.2 Å². The first-order chi connectivity index (χ1) is 7.66. The van der Waals surface area contributed by atoms with Crippen LogP contribution in [0.15, 0.2) is 42.5 Å². The predicted octanol–water partition coefficient (Wildman–Crippen LogP) is 4.89. The summed E-state index contributed by atoms with van der Waals surface area (Å²) < 4.78 is 0. The second kappa shape index (κ2) is 4.90. The van der Waals surface area contributed by atoms with Gasteiger partial charge in [-0.15, -0.1) is 0 Å². The molecule has 0 heterocycles. The first-order valence-electron chi connectivity index (χ1n) is 5.15. The normalized spacial score (nSPS) is 10.4. The molecule has 0 bridgehead atoms. The summed E-state index contributed by atoms with van der Waals surface area (Å²) in [5.74, 6) is 0. The molecule has 16 heavy (non-hydrogen) atoms. The third kappa shape index (κ3) is 2.58. The van der Waals surface area contributed by atoms with Crippen LogP contribution in [0.25, 0.3) is 0 Å². The molecule has 0 saturated heterocycles. The molecule has 0 aromatic heterocycles. The van der Waals surface area contributed by atoms with Crippen molar-refractivity contribution < 1.29 is 0 Å². The molecule has 0 unspecified atom stereocenters. The second-order valence-electron chi connectivity index (χ2n) is 3.84. The van der Waals surface area contributed by atoms with E-state index in [-0.39, 0.29) is 0 Å². The lowest BCUT2D eigenvalue weighted by Gasteiger charge is -2.08. The van der Waals surface area contributed by atoms with Crippen molar-refractivity contribution in [2.45, 2.75) is 13.3 Å². The summed E-state index contributed by atoms with van der Waals surface area (Å²) in [5, 5.41) is 1.58. The molecule has 0 radical (unpaired) electrons. The van der Waals surface area contributed by atoms with Gasteiger partial charge in [-0.3, -0.25) is 0 Å². The van der Waals surface area contributed by atoms with Gasteiger partial charge in [0.15, 0.2) is 0 Å². The molecule has 0 aliphatic carbocycles. The first-order valence-corrected chi connectivity index (χ1v) is 5.91. The van der Waals surface area contributed by atoms with Crippen molar-refractivity contribution in [1.82, 2.24) is 0 Å². The highest BCUT2D eigenvalue weighted by molar-refractivity contribution is 6.31. The van der Waals surface area contributed by atoms with Crippen molar-refractivity contribution >= 4 is 23.2 Å². The molecule has 0 amide bonds. The van der Waals surface area contributed by atoms with Gasteiger partial charge in [-0.25, -0.2) is 0 Å². The van der Waals surface area contributed by atoms with Gasteiger partial charge < -0.3 is 0 Å². The maximum absolute atomic E-state index is 6.13. The summed E-state index contributed by atoms with van der Waals surface area (Å²) >= 11 is 12.1. The molecular weight excluding hydrogens is 239 g/mol. The number of aryl methyl sites for hydroxylation is 1. The Morgan fingerprint density at radius 2 is 1.69 bits per heavy atom. The lowest BCUT2D eigenvalue weighted by molar-refractivity contribution is 1.16. The number of benzene rings is 2. The minimum Gasteiger partial charge on any atom is -0.0843 e. The first kappa shape index (κ1) is 11.5. The fraction of sp³-hybridized carbons (Fsp3) is 0.143. The van der Waals surface area contributed by atoms with E-state index in [0.29, 0.717) is 0 Å². The maximum Gasteiger partial charge on any atom is 0.0441 e. The highest BCUT2D eigenvalue weighted by atomic mass is 35.5. The highest BCUT2D eigenvalue weighted by Gasteiger charge is 2.04. The van der Waals surface area contributed by atoms with E-state index in [1.54, 1.807) is 0 Å². The molecule has 82 valence electrons. The molecule has 2 aromatic rings. The van der Waals surface area contributed by atoms with Crippen molar-refractivity contribution in [3.8, 4) is 0 Å². The summed E-state index contributed by atoms with van der Waals surface area (Å²) in [5.41, 5.74) is 3.60. The second-order valence-corrected chi connectivity index (χ2v) is 4.68. The van der Waals surface area contributed by atoms with E-state index in [1.165, 1.54) is 11.1 Å². The Kier molecular flexibility index (Phi) is 3.52. The molecular formula is C14H12Cl2. The van der Waals surface area contributed by atoms with E-state index in [2.05, 4.69) is 6.92 Å². The number of rotatable bonds is 2. The Labute approximate surface area is 106 Å². The van der Waals surface area contributed by atoms with Crippen molar-refractivity contribution in [3.63, 3.8) is 0 Å². The van der Waals surface area contributed by atoms with E-state index in [9.17, 15) is 0 Å². The average molecular weight is 251 g/mol. The molecule has 0 nitrogen and oxygen atoms in total. The van der Waals surface area contributed by atoms with Gasteiger partial charge in [-0.05, 0) is 48.2 Å². The van der Waals surface area contributed by atoms with Crippen molar-refractivity contribution in [2.75, 3.05) is 0 Å². The largest absolute Gasteiger partial charge is 0.0843 e. The zero-order valence-electron chi connectivity index (χ0n) is 9.00. The van der Waals surface area contributed by atoms with Crippen LogP contribution in [0.4, 0.5) is 0 Å². The van der Waals surface area contributed by atoms with E-state index in [1.807, 2.05) is 42.5 Å². The number of halogens is 2. The molecule has 0 spiro atoms. The zero-order chi connectivity index (χ0) is 11.5. The van der Waals surface area contributed by atoms with E-state index in [0.717, 1.165) is 22.0 Å². The molecule has 2 rings (SSSR count). The van der Waals surface area contributed by atoms with Crippen molar-refractivity contribution in [3.05, 3.63) is 69.2 Å². The smallest absolute Gasteiger partial charge is 0.0441 e. The molecule has 0 fully saturated rings. The Bertz CT molecular complexity index is 504. The minimum atomic E-state index is 0.771. The number of hydrogen-bond acceptors (Lipinski definition) is 0. The predicted molar refractivity (Wildman–Crippen MR) is 70.4 cm³/mol. The van der Waals surface area contributed by atoms with Gasteiger partial charge in [-0.2, -0.15) is 0 Å². The summed E-state index contributed by atoms with van der Waals surface area (Å²) in [6.45, 7) is 2.09. The van der Waals surface area contributed by atoms with Crippen LogP contribution in [0.5, 0.6) is 0 Å². The standard InChI is InChI=1S/C14H12Cl2/c1-10-6-7-13(15)9-12(10)8-11-4-2-3-5-14(11)16/h2-7,9H,8H2,1H3. The summed E-state index contributed by atoms with van der Waals surface area (Å²) in [7, 11) is 0. The summed E-state index contributed by atoms with van der Waals surface area (Å²) in [4.78, 5) is 0. The minimum absolute atomic E-state index is 0.771. The third-order valence-corrected chi connectivity index (χ3v) is 3.25. The van der Waals surface area contributed by atoms with Gasteiger partial charge >= 0.3 is 0 Å². The molecule has 2 heteroatoms. The Morgan fingerprint density at radius 3 is 2.44 bits per heavy atom. The monoisotopic (exact) mass is 250 g/mol. The molecule has 2 aromatic carbocycles. The summed E-state index contributed by atoms with van der Waals surface area (Å²) in [6.07, 6.45) is 0.825. The van der Waals surface area contributed by atoms with E-state index in [4.69, 9.17) is 23.2 Å². The highest BCUT2D eigenvalue weighted by Crippen LogP contribution is 2.22. The topological polar surface area (TPSA) is 0 Å². The Hall–Kier alpha value is -0.980. The van der Waals surface area contributed by atoms with Crippen LogP contribution in [0.3, 0.4) is 0 Å². The van der Waals surface area contributed by atoms with Crippen molar-refractivity contribution in [2.24, 2.45) is 0 Å². The van der Waals surface area contributed by atoms with E-state index >= 15 is 0 Å².